The minimum absolute atomic E-state index is 0.215. The molecule has 1 amide bonds. The number of carbonyl (C=O) groups excluding carboxylic acids is 1. The maximum atomic E-state index is 13.3. The van der Waals surface area contributed by atoms with Crippen molar-refractivity contribution in [2.75, 3.05) is 13.1 Å². The lowest BCUT2D eigenvalue weighted by Crippen LogP contribution is -2.39. The molecule has 0 radical (unpaired) electrons. The van der Waals surface area contributed by atoms with Crippen LogP contribution < -0.4 is 0 Å². The van der Waals surface area contributed by atoms with Gasteiger partial charge in [-0.3, -0.25) is 4.79 Å². The molecule has 0 aliphatic carbocycles. The number of halogens is 2. The summed E-state index contributed by atoms with van der Waals surface area (Å²) in [6, 6.07) is 3.56. The van der Waals surface area contributed by atoms with Gasteiger partial charge in [0.05, 0.1) is 6.10 Å². The summed E-state index contributed by atoms with van der Waals surface area (Å²) in [5, 5.41) is 9.33. The van der Waals surface area contributed by atoms with E-state index in [1.54, 1.807) is 4.90 Å². The number of benzene rings is 1. The van der Waals surface area contributed by atoms with Gasteiger partial charge in [0.25, 0.3) is 0 Å². The number of hydrogen-bond acceptors (Lipinski definition) is 2. The van der Waals surface area contributed by atoms with E-state index in [0.717, 1.165) is 18.2 Å². The molecule has 0 bridgehead atoms. The summed E-state index contributed by atoms with van der Waals surface area (Å²) >= 11 is 0. The van der Waals surface area contributed by atoms with Crippen LogP contribution in [-0.4, -0.2) is 35.1 Å². The van der Waals surface area contributed by atoms with Crippen molar-refractivity contribution in [1.82, 2.24) is 4.90 Å². The van der Waals surface area contributed by atoms with E-state index in [4.69, 9.17) is 0 Å². The van der Waals surface area contributed by atoms with Crippen LogP contribution in [0.3, 0.4) is 0 Å². The number of rotatable bonds is 2. The third-order valence-corrected chi connectivity index (χ3v) is 3.17. The number of aliphatic hydroxyl groups excluding tert-OH is 1. The molecule has 0 unspecified atom stereocenters. The Morgan fingerprint density at radius 3 is 2.42 bits per heavy atom. The van der Waals surface area contributed by atoms with Crippen LogP contribution in [0.4, 0.5) is 8.78 Å². The quantitative estimate of drug-likeness (QED) is 0.832. The molecule has 0 aromatic heterocycles. The second kappa shape index (κ2) is 5.93. The van der Waals surface area contributed by atoms with E-state index in [1.807, 2.05) is 0 Å². The van der Waals surface area contributed by atoms with E-state index in [0.29, 0.717) is 25.9 Å². The van der Waals surface area contributed by atoms with Gasteiger partial charge in [0, 0.05) is 24.7 Å². The second-order valence-corrected chi connectivity index (χ2v) is 4.53. The fourth-order valence-electron chi connectivity index (χ4n) is 2.02. The smallest absolute Gasteiger partial charge is 0.246 e. The van der Waals surface area contributed by atoms with Gasteiger partial charge in [-0.2, -0.15) is 0 Å². The van der Waals surface area contributed by atoms with Crippen LogP contribution in [0.5, 0.6) is 0 Å². The Labute approximate surface area is 110 Å². The van der Waals surface area contributed by atoms with E-state index in [1.165, 1.54) is 12.1 Å². The number of likely N-dealkylation sites (tertiary alicyclic amines) is 1. The molecule has 5 heteroatoms. The summed E-state index contributed by atoms with van der Waals surface area (Å²) in [7, 11) is 0. The average Bonchev–Trinajstić information content (AvgIpc) is 2.38. The highest BCUT2D eigenvalue weighted by atomic mass is 19.1. The maximum Gasteiger partial charge on any atom is 0.246 e. The van der Waals surface area contributed by atoms with Crippen LogP contribution >= 0.6 is 0 Å². The van der Waals surface area contributed by atoms with E-state index in [-0.39, 0.29) is 17.6 Å². The summed E-state index contributed by atoms with van der Waals surface area (Å²) in [6.07, 6.45) is 3.02. The summed E-state index contributed by atoms with van der Waals surface area (Å²) in [5.41, 5.74) is -0.215. The lowest BCUT2D eigenvalue weighted by molar-refractivity contribution is -0.127. The van der Waals surface area contributed by atoms with Gasteiger partial charge in [0.15, 0.2) is 0 Å². The highest BCUT2D eigenvalue weighted by Gasteiger charge is 2.19. The van der Waals surface area contributed by atoms with Crippen LogP contribution in [0.15, 0.2) is 24.3 Å². The van der Waals surface area contributed by atoms with Gasteiger partial charge in [-0.05, 0) is 31.1 Å². The number of hydrogen-bond donors (Lipinski definition) is 1. The lowest BCUT2D eigenvalue weighted by Gasteiger charge is -2.28. The third-order valence-electron chi connectivity index (χ3n) is 3.17. The molecule has 0 atom stereocenters. The molecule has 1 fully saturated rings. The number of amides is 1. The molecule has 1 heterocycles. The van der Waals surface area contributed by atoms with Crippen molar-refractivity contribution in [2.24, 2.45) is 0 Å². The van der Waals surface area contributed by atoms with Gasteiger partial charge in [0.1, 0.15) is 11.6 Å². The lowest BCUT2D eigenvalue weighted by atomic mass is 10.1. The van der Waals surface area contributed by atoms with Gasteiger partial charge in [-0.1, -0.05) is 6.07 Å². The van der Waals surface area contributed by atoms with E-state index in [2.05, 4.69) is 0 Å². The van der Waals surface area contributed by atoms with Crippen molar-refractivity contribution in [3.05, 3.63) is 41.5 Å². The van der Waals surface area contributed by atoms with Crippen molar-refractivity contribution >= 4 is 12.0 Å². The molecule has 1 aliphatic rings. The maximum absolute atomic E-state index is 13.3. The van der Waals surface area contributed by atoms with Gasteiger partial charge >= 0.3 is 0 Å². The standard InChI is InChI=1S/C14H15F2NO2/c15-12-2-1-3-13(16)11(12)4-5-14(19)17-8-6-10(18)7-9-17/h1-5,10,18H,6-9H2. The Kier molecular flexibility index (Phi) is 4.27. The summed E-state index contributed by atoms with van der Waals surface area (Å²) in [6.45, 7) is 0.925. The molecule has 1 saturated heterocycles. The number of piperidine rings is 1. The Morgan fingerprint density at radius 2 is 1.84 bits per heavy atom. The number of nitrogens with zero attached hydrogens (tertiary/aromatic N) is 1. The van der Waals surface area contributed by atoms with Gasteiger partial charge in [-0.15, -0.1) is 0 Å². The third kappa shape index (κ3) is 3.38. The first kappa shape index (κ1) is 13.7. The minimum Gasteiger partial charge on any atom is -0.393 e. The fraction of sp³-hybridized carbons (Fsp3) is 0.357. The Balaban J connectivity index is 2.04. The average molecular weight is 267 g/mol. The van der Waals surface area contributed by atoms with Crippen molar-refractivity contribution < 1.29 is 18.7 Å². The zero-order chi connectivity index (χ0) is 13.8. The van der Waals surface area contributed by atoms with E-state index in [9.17, 15) is 18.7 Å². The van der Waals surface area contributed by atoms with Gasteiger partial charge in [0.2, 0.25) is 5.91 Å². The normalized spacial score (nSPS) is 17.1. The van der Waals surface area contributed by atoms with Gasteiger partial charge in [-0.25, -0.2) is 8.78 Å². The molecule has 19 heavy (non-hydrogen) atoms. The molecule has 1 aromatic rings. The summed E-state index contributed by atoms with van der Waals surface area (Å²) < 4.78 is 26.7. The second-order valence-electron chi connectivity index (χ2n) is 4.53. The van der Waals surface area contributed by atoms with Crippen molar-refractivity contribution in [2.45, 2.75) is 18.9 Å². The fourth-order valence-corrected chi connectivity index (χ4v) is 2.02. The van der Waals surface area contributed by atoms with Crippen LogP contribution in [0.25, 0.3) is 6.08 Å². The number of aliphatic hydroxyl groups is 1. The molecule has 1 N–H and O–H groups in total. The first-order valence-corrected chi connectivity index (χ1v) is 6.17. The van der Waals surface area contributed by atoms with Gasteiger partial charge < -0.3 is 10.0 Å². The Morgan fingerprint density at radius 1 is 1.26 bits per heavy atom. The Hall–Kier alpha value is -1.75. The highest BCUT2D eigenvalue weighted by Crippen LogP contribution is 2.15. The Bertz CT molecular complexity index is 474. The zero-order valence-electron chi connectivity index (χ0n) is 10.4. The van der Waals surface area contributed by atoms with Crippen molar-refractivity contribution in [3.63, 3.8) is 0 Å². The molecule has 2 rings (SSSR count). The summed E-state index contributed by atoms with van der Waals surface area (Å²) in [4.78, 5) is 13.4. The van der Waals surface area contributed by atoms with Crippen molar-refractivity contribution in [1.29, 1.82) is 0 Å². The first-order valence-electron chi connectivity index (χ1n) is 6.17. The molecule has 3 nitrogen and oxygen atoms in total. The summed E-state index contributed by atoms with van der Waals surface area (Å²) in [5.74, 6) is -1.69. The SMILES string of the molecule is O=C(C=Cc1c(F)cccc1F)N1CCC(O)CC1. The predicted molar refractivity (Wildman–Crippen MR) is 67.2 cm³/mol. The van der Waals surface area contributed by atoms with Crippen LogP contribution in [0, 0.1) is 11.6 Å². The van der Waals surface area contributed by atoms with Crippen molar-refractivity contribution in [3.8, 4) is 0 Å². The first-order chi connectivity index (χ1) is 9.08. The minimum atomic E-state index is -0.696. The predicted octanol–water partition coefficient (Wildman–Crippen LogP) is 1.96. The molecule has 0 saturated carbocycles. The molecule has 0 spiro atoms. The topological polar surface area (TPSA) is 40.5 Å². The van der Waals surface area contributed by atoms with Crippen LogP contribution in [0.2, 0.25) is 0 Å². The molecular weight excluding hydrogens is 252 g/mol. The largest absolute Gasteiger partial charge is 0.393 e. The number of carbonyl (C=O) groups is 1. The molecule has 1 aliphatic heterocycles. The van der Waals surface area contributed by atoms with E-state index >= 15 is 0 Å². The highest BCUT2D eigenvalue weighted by molar-refractivity contribution is 5.91. The van der Waals surface area contributed by atoms with Crippen LogP contribution in [-0.2, 0) is 4.79 Å². The molecule has 102 valence electrons. The van der Waals surface area contributed by atoms with Crippen LogP contribution in [0.1, 0.15) is 18.4 Å². The van der Waals surface area contributed by atoms with E-state index < -0.39 is 11.6 Å². The molecule has 1 aromatic carbocycles. The monoisotopic (exact) mass is 267 g/mol. The molecular formula is C14H15F2NO2. The zero-order valence-corrected chi connectivity index (χ0v) is 10.4.